The van der Waals surface area contributed by atoms with E-state index < -0.39 is 0 Å². The maximum absolute atomic E-state index is 10.9. The molecule has 1 rings (SSSR count). The van der Waals surface area contributed by atoms with Crippen LogP contribution in [0.15, 0.2) is 12.1 Å². The van der Waals surface area contributed by atoms with Crippen LogP contribution in [0.25, 0.3) is 0 Å². The van der Waals surface area contributed by atoms with Gasteiger partial charge < -0.3 is 5.11 Å². The zero-order valence-corrected chi connectivity index (χ0v) is 17.3. The van der Waals surface area contributed by atoms with Gasteiger partial charge in [-0.25, -0.2) is 0 Å². The van der Waals surface area contributed by atoms with Gasteiger partial charge in [0.2, 0.25) is 0 Å². The molecular weight excluding hydrogens is 292 g/mol. The first-order chi connectivity index (χ1) is 11.1. The van der Waals surface area contributed by atoms with Gasteiger partial charge in [-0.2, -0.15) is 0 Å². The molecule has 0 aromatic heterocycles. The lowest BCUT2D eigenvalue weighted by Gasteiger charge is -2.29. The minimum Gasteiger partial charge on any atom is -0.507 e. The number of rotatable bonds is 8. The van der Waals surface area contributed by atoms with Crippen LogP contribution in [0.4, 0.5) is 0 Å². The minimum atomic E-state index is -0.0260. The molecule has 1 N–H and O–H groups in total. The van der Waals surface area contributed by atoms with Crippen molar-refractivity contribution in [3.8, 4) is 5.75 Å². The first kappa shape index (κ1) is 21.1. The van der Waals surface area contributed by atoms with E-state index >= 15 is 0 Å². The summed E-state index contributed by atoms with van der Waals surface area (Å²) in [5, 5.41) is 10.9. The average Bonchev–Trinajstić information content (AvgIpc) is 2.43. The van der Waals surface area contributed by atoms with E-state index in [4.69, 9.17) is 0 Å². The van der Waals surface area contributed by atoms with E-state index in [0.29, 0.717) is 5.75 Å². The second kappa shape index (κ2) is 8.92. The Morgan fingerprint density at radius 1 is 0.750 bits per heavy atom. The lowest BCUT2D eigenvalue weighted by atomic mass is 9.76. The van der Waals surface area contributed by atoms with E-state index in [2.05, 4.69) is 60.6 Å². The van der Waals surface area contributed by atoms with Crippen molar-refractivity contribution in [2.24, 2.45) is 0 Å². The van der Waals surface area contributed by atoms with Gasteiger partial charge in [0.25, 0.3) is 0 Å². The summed E-state index contributed by atoms with van der Waals surface area (Å²) in [6.07, 6.45) is 10.4. The molecule has 0 radical (unpaired) electrons. The lowest BCUT2D eigenvalue weighted by Crippen LogP contribution is -2.19. The number of phenols is 1. The lowest BCUT2D eigenvalue weighted by molar-refractivity contribution is 0.420. The molecule has 24 heavy (non-hydrogen) atoms. The zero-order chi connectivity index (χ0) is 18.4. The van der Waals surface area contributed by atoms with Gasteiger partial charge in [0, 0.05) is 5.56 Å². The smallest absolute Gasteiger partial charge is 0.123 e. The van der Waals surface area contributed by atoms with Gasteiger partial charge in [-0.3, -0.25) is 0 Å². The quantitative estimate of drug-likeness (QED) is 0.496. The molecule has 0 bridgehead atoms. The number of aryl methyl sites for hydroxylation is 1. The van der Waals surface area contributed by atoms with E-state index in [0.717, 1.165) is 17.5 Å². The topological polar surface area (TPSA) is 20.2 Å². The monoisotopic (exact) mass is 332 g/mol. The summed E-state index contributed by atoms with van der Waals surface area (Å²) in [7, 11) is 0. The van der Waals surface area contributed by atoms with Crippen molar-refractivity contribution in [1.29, 1.82) is 0 Å². The molecule has 0 spiro atoms. The van der Waals surface area contributed by atoms with Crippen molar-refractivity contribution in [2.75, 3.05) is 0 Å². The zero-order valence-electron chi connectivity index (χ0n) is 17.3. The Hall–Kier alpha value is -0.980. The van der Waals surface area contributed by atoms with Gasteiger partial charge in [-0.05, 0) is 34.8 Å². The highest BCUT2D eigenvalue weighted by Crippen LogP contribution is 2.41. The third kappa shape index (κ3) is 6.15. The summed E-state index contributed by atoms with van der Waals surface area (Å²) in [5.41, 5.74) is 3.50. The molecule has 0 aliphatic carbocycles. The summed E-state index contributed by atoms with van der Waals surface area (Å²) in [4.78, 5) is 0. The number of hydrogen-bond donors (Lipinski definition) is 1. The van der Waals surface area contributed by atoms with Crippen LogP contribution in [-0.4, -0.2) is 5.11 Å². The molecule has 0 saturated carbocycles. The highest BCUT2D eigenvalue weighted by atomic mass is 16.3. The van der Waals surface area contributed by atoms with Crippen LogP contribution in [0.3, 0.4) is 0 Å². The van der Waals surface area contributed by atoms with Crippen molar-refractivity contribution < 1.29 is 5.11 Å². The van der Waals surface area contributed by atoms with E-state index in [-0.39, 0.29) is 10.8 Å². The van der Waals surface area contributed by atoms with Gasteiger partial charge in [0.05, 0.1) is 0 Å². The highest BCUT2D eigenvalue weighted by Gasteiger charge is 2.27. The van der Waals surface area contributed by atoms with Crippen LogP contribution in [-0.2, 0) is 17.3 Å². The Labute approximate surface area is 150 Å². The van der Waals surface area contributed by atoms with Crippen LogP contribution in [0, 0.1) is 0 Å². The van der Waals surface area contributed by atoms with Crippen molar-refractivity contribution in [2.45, 2.75) is 111 Å². The minimum absolute atomic E-state index is 0.0259. The number of benzene rings is 1. The van der Waals surface area contributed by atoms with Crippen LogP contribution >= 0.6 is 0 Å². The SMILES string of the molecule is CCCCCCCCCc1ccc(C(C)(C)C)c(O)c1C(C)(C)C. The molecule has 1 nitrogen and oxygen atoms in total. The van der Waals surface area contributed by atoms with Gasteiger partial charge in [-0.15, -0.1) is 0 Å². The molecule has 0 saturated heterocycles. The van der Waals surface area contributed by atoms with Crippen molar-refractivity contribution >= 4 is 0 Å². The van der Waals surface area contributed by atoms with Gasteiger partial charge in [0.1, 0.15) is 5.75 Å². The maximum Gasteiger partial charge on any atom is 0.123 e. The normalized spacial score (nSPS) is 12.6. The number of phenolic OH excluding ortho intramolecular Hbond substituents is 1. The molecule has 0 aliphatic rings. The van der Waals surface area contributed by atoms with E-state index in [1.54, 1.807) is 0 Å². The van der Waals surface area contributed by atoms with Crippen molar-refractivity contribution in [1.82, 2.24) is 0 Å². The fourth-order valence-corrected chi connectivity index (χ4v) is 3.56. The Kier molecular flexibility index (Phi) is 7.83. The fraction of sp³-hybridized carbons (Fsp3) is 0.739. The molecular formula is C23H40O. The number of aromatic hydroxyl groups is 1. The highest BCUT2D eigenvalue weighted by molar-refractivity contribution is 5.51. The Bertz CT molecular complexity index is 500. The largest absolute Gasteiger partial charge is 0.507 e. The molecule has 0 heterocycles. The second-order valence-corrected chi connectivity index (χ2v) is 9.37. The molecule has 0 fully saturated rings. The summed E-state index contributed by atoms with van der Waals surface area (Å²) >= 11 is 0. The average molecular weight is 333 g/mol. The third-order valence-corrected chi connectivity index (χ3v) is 4.87. The maximum atomic E-state index is 10.9. The van der Waals surface area contributed by atoms with E-state index in [9.17, 15) is 5.11 Å². The third-order valence-electron chi connectivity index (χ3n) is 4.87. The second-order valence-electron chi connectivity index (χ2n) is 9.37. The molecule has 0 amide bonds. The first-order valence-electron chi connectivity index (χ1n) is 9.94. The predicted octanol–water partition coefficient (Wildman–Crippen LogP) is 7.28. The van der Waals surface area contributed by atoms with Crippen LogP contribution < -0.4 is 0 Å². The fourth-order valence-electron chi connectivity index (χ4n) is 3.56. The van der Waals surface area contributed by atoms with E-state index in [1.165, 1.54) is 50.5 Å². The van der Waals surface area contributed by atoms with Gasteiger partial charge in [-0.1, -0.05) is 99.1 Å². The van der Waals surface area contributed by atoms with Crippen molar-refractivity contribution in [3.63, 3.8) is 0 Å². The Morgan fingerprint density at radius 3 is 1.79 bits per heavy atom. The summed E-state index contributed by atoms with van der Waals surface area (Å²) in [6, 6.07) is 4.40. The number of unbranched alkanes of at least 4 members (excludes halogenated alkanes) is 6. The predicted molar refractivity (Wildman–Crippen MR) is 107 cm³/mol. The van der Waals surface area contributed by atoms with E-state index in [1.807, 2.05) is 0 Å². The van der Waals surface area contributed by atoms with Crippen molar-refractivity contribution in [3.05, 3.63) is 28.8 Å². The standard InChI is InChI=1S/C23H40O/c1-8-9-10-11-12-13-14-15-18-16-17-19(22(2,3)4)21(24)20(18)23(5,6)7/h16-17,24H,8-15H2,1-7H3. The summed E-state index contributed by atoms with van der Waals surface area (Å²) in [6.45, 7) is 15.4. The van der Waals surface area contributed by atoms with Gasteiger partial charge >= 0.3 is 0 Å². The van der Waals surface area contributed by atoms with Gasteiger partial charge in [0.15, 0.2) is 0 Å². The molecule has 0 aliphatic heterocycles. The molecule has 138 valence electrons. The van der Waals surface area contributed by atoms with Crippen LogP contribution in [0.5, 0.6) is 5.75 Å². The molecule has 1 aromatic carbocycles. The molecule has 1 aromatic rings. The summed E-state index contributed by atoms with van der Waals surface area (Å²) < 4.78 is 0. The molecule has 1 heteroatoms. The molecule has 0 atom stereocenters. The Balaban J connectivity index is 2.82. The first-order valence-corrected chi connectivity index (χ1v) is 9.94. The van der Waals surface area contributed by atoms with Crippen LogP contribution in [0.2, 0.25) is 0 Å². The Morgan fingerprint density at radius 2 is 1.29 bits per heavy atom. The summed E-state index contributed by atoms with van der Waals surface area (Å²) in [5.74, 6) is 0.524. The molecule has 0 unspecified atom stereocenters. The number of hydrogen-bond acceptors (Lipinski definition) is 1. The van der Waals surface area contributed by atoms with Crippen LogP contribution in [0.1, 0.15) is 110 Å².